The van der Waals surface area contributed by atoms with Crippen molar-refractivity contribution in [2.24, 2.45) is 0 Å². The van der Waals surface area contributed by atoms with Crippen molar-refractivity contribution in [3.63, 3.8) is 0 Å². The maximum atomic E-state index is 6.22. The van der Waals surface area contributed by atoms with Gasteiger partial charge in [0, 0.05) is 22.3 Å². The van der Waals surface area contributed by atoms with E-state index in [2.05, 4.69) is 32.7 Å². The average Bonchev–Trinajstić information content (AvgIpc) is 3.14. The monoisotopic (exact) mass is 443 g/mol. The number of furan rings is 1. The zero-order valence-corrected chi connectivity index (χ0v) is 16.3. The minimum Gasteiger partial charge on any atom is -0.446 e. The Morgan fingerprint density at radius 1 is 1.21 bits per heavy atom. The molecular weight excluding hydrogens is 433 g/mol. The molecule has 0 aliphatic heterocycles. The predicted molar refractivity (Wildman–Crippen MR) is 102 cm³/mol. The molecule has 24 heavy (non-hydrogen) atoms. The molecule has 0 unspecified atom stereocenters. The van der Waals surface area contributed by atoms with Crippen molar-refractivity contribution in [1.29, 1.82) is 0 Å². The number of hydrogen-bond acceptors (Lipinski definition) is 4. The van der Waals surface area contributed by atoms with Gasteiger partial charge in [0.15, 0.2) is 15.6 Å². The number of thioether (sulfide) groups is 1. The number of hydrogen-bond donors (Lipinski definition) is 0. The van der Waals surface area contributed by atoms with Crippen molar-refractivity contribution in [2.45, 2.75) is 17.5 Å². The zero-order valence-electron chi connectivity index (χ0n) is 12.4. The Labute approximate surface area is 162 Å². The Bertz CT molecular complexity index is 858. The third-order valence-corrected chi connectivity index (χ3v) is 5.36. The molecule has 0 atom stereocenters. The van der Waals surface area contributed by atoms with Crippen molar-refractivity contribution in [3.05, 3.63) is 63.3 Å². The predicted octanol–water partition coefficient (Wildman–Crippen LogP) is 6.09. The highest BCUT2D eigenvalue weighted by molar-refractivity contribution is 9.10. The molecule has 1 aromatic carbocycles. The van der Waals surface area contributed by atoms with E-state index >= 15 is 0 Å². The van der Waals surface area contributed by atoms with Crippen LogP contribution in [0.2, 0.25) is 10.0 Å². The van der Waals surface area contributed by atoms with Crippen molar-refractivity contribution >= 4 is 50.9 Å². The Morgan fingerprint density at radius 3 is 2.58 bits per heavy atom. The fourth-order valence-corrected chi connectivity index (χ4v) is 4.11. The second-order valence-electron chi connectivity index (χ2n) is 4.80. The van der Waals surface area contributed by atoms with Crippen molar-refractivity contribution in [1.82, 2.24) is 14.8 Å². The van der Waals surface area contributed by atoms with Gasteiger partial charge in [0.1, 0.15) is 0 Å². The van der Waals surface area contributed by atoms with Crippen LogP contribution in [0.3, 0.4) is 0 Å². The quantitative estimate of drug-likeness (QED) is 0.341. The van der Waals surface area contributed by atoms with Gasteiger partial charge in [-0.3, -0.25) is 4.57 Å². The Hall–Kier alpha value is -1.21. The fraction of sp³-hybridized carbons (Fsp3) is 0.125. The van der Waals surface area contributed by atoms with Gasteiger partial charge in [0.05, 0.1) is 0 Å². The van der Waals surface area contributed by atoms with Gasteiger partial charge in [-0.2, -0.15) is 0 Å². The third-order valence-electron chi connectivity index (χ3n) is 3.23. The van der Waals surface area contributed by atoms with Crippen LogP contribution in [0.4, 0.5) is 0 Å². The summed E-state index contributed by atoms with van der Waals surface area (Å²) in [7, 11) is 0. The molecule has 124 valence electrons. The number of halogens is 3. The van der Waals surface area contributed by atoms with Crippen molar-refractivity contribution in [2.75, 3.05) is 0 Å². The fourth-order valence-electron chi connectivity index (χ4n) is 2.11. The Morgan fingerprint density at radius 2 is 1.96 bits per heavy atom. The first-order chi connectivity index (χ1) is 11.6. The normalized spacial score (nSPS) is 11.0. The first-order valence-corrected chi connectivity index (χ1v) is 9.49. The molecule has 0 aliphatic rings. The lowest BCUT2D eigenvalue weighted by molar-refractivity contribution is 0.545. The molecule has 3 rings (SSSR count). The van der Waals surface area contributed by atoms with Gasteiger partial charge < -0.3 is 4.42 Å². The third kappa shape index (κ3) is 3.72. The summed E-state index contributed by atoms with van der Waals surface area (Å²) in [6.45, 7) is 4.36. The molecule has 0 radical (unpaired) electrons. The van der Waals surface area contributed by atoms with Crippen LogP contribution in [-0.4, -0.2) is 14.8 Å². The van der Waals surface area contributed by atoms with Gasteiger partial charge in [-0.25, -0.2) is 0 Å². The first kappa shape index (κ1) is 17.6. The van der Waals surface area contributed by atoms with Crippen molar-refractivity contribution in [3.8, 4) is 11.6 Å². The van der Waals surface area contributed by atoms with E-state index < -0.39 is 0 Å². The van der Waals surface area contributed by atoms with Crippen LogP contribution in [0.5, 0.6) is 0 Å². The second-order valence-corrected chi connectivity index (χ2v) is 7.34. The molecule has 0 fully saturated rings. The van der Waals surface area contributed by atoms with Gasteiger partial charge >= 0.3 is 0 Å². The van der Waals surface area contributed by atoms with Crippen molar-refractivity contribution < 1.29 is 4.42 Å². The molecule has 3 aromatic rings. The molecule has 0 N–H and O–H groups in total. The minimum absolute atomic E-state index is 0.569. The van der Waals surface area contributed by atoms with E-state index in [9.17, 15) is 0 Å². The highest BCUT2D eigenvalue weighted by Gasteiger charge is 2.17. The molecule has 8 heteroatoms. The molecule has 2 heterocycles. The lowest BCUT2D eigenvalue weighted by Gasteiger charge is -2.08. The number of aromatic nitrogens is 3. The van der Waals surface area contributed by atoms with E-state index in [1.54, 1.807) is 6.08 Å². The largest absolute Gasteiger partial charge is 0.446 e. The minimum atomic E-state index is 0.569. The highest BCUT2D eigenvalue weighted by Crippen LogP contribution is 2.33. The molecule has 0 saturated heterocycles. The molecular formula is C16H12BrCl2N3OS. The topological polar surface area (TPSA) is 43.9 Å². The number of benzene rings is 1. The van der Waals surface area contributed by atoms with Crippen LogP contribution in [0.25, 0.3) is 11.6 Å². The Balaban J connectivity index is 1.88. The maximum absolute atomic E-state index is 6.22. The number of rotatable bonds is 6. The summed E-state index contributed by atoms with van der Waals surface area (Å²) in [6.07, 6.45) is 1.79. The maximum Gasteiger partial charge on any atom is 0.200 e. The molecule has 0 bridgehead atoms. The number of allylic oxidation sites excluding steroid dienone is 1. The van der Waals surface area contributed by atoms with Gasteiger partial charge in [0.2, 0.25) is 5.82 Å². The summed E-state index contributed by atoms with van der Waals surface area (Å²) >= 11 is 17.3. The molecule has 2 aromatic heterocycles. The van der Waals surface area contributed by atoms with Crippen LogP contribution >= 0.6 is 50.9 Å². The molecule has 0 amide bonds. The van der Waals surface area contributed by atoms with Crippen LogP contribution in [0.15, 0.2) is 57.2 Å². The average molecular weight is 445 g/mol. The lowest BCUT2D eigenvalue weighted by Crippen LogP contribution is -2.00. The standard InChI is InChI=1S/C16H12BrCl2N3OS/c1-2-8-22-15(13-6-7-14(17)23-13)20-21-16(22)24-9-10-11(18)4-3-5-12(10)19/h2-7H,1,8-9H2. The molecule has 0 saturated carbocycles. The van der Waals surface area contributed by atoms with Crippen LogP contribution in [0, 0.1) is 0 Å². The van der Waals surface area contributed by atoms with E-state index in [4.69, 9.17) is 27.6 Å². The summed E-state index contributed by atoms with van der Waals surface area (Å²) in [5.74, 6) is 1.88. The van der Waals surface area contributed by atoms with Crippen LogP contribution in [0.1, 0.15) is 5.56 Å². The van der Waals surface area contributed by atoms with Gasteiger partial charge in [-0.05, 0) is 45.8 Å². The van der Waals surface area contributed by atoms with Gasteiger partial charge in [0.25, 0.3) is 0 Å². The van der Waals surface area contributed by atoms with E-state index in [1.165, 1.54) is 11.8 Å². The van der Waals surface area contributed by atoms with E-state index in [0.717, 1.165) is 10.7 Å². The van der Waals surface area contributed by atoms with Gasteiger partial charge in [-0.15, -0.1) is 16.8 Å². The zero-order chi connectivity index (χ0) is 17.1. The van der Waals surface area contributed by atoms with E-state index in [1.807, 2.05) is 34.9 Å². The van der Waals surface area contributed by atoms with Gasteiger partial charge in [-0.1, -0.05) is 47.1 Å². The molecule has 4 nitrogen and oxygen atoms in total. The van der Waals surface area contributed by atoms with Crippen LogP contribution in [-0.2, 0) is 12.3 Å². The second kappa shape index (κ2) is 7.78. The molecule has 0 aliphatic carbocycles. The summed E-state index contributed by atoms with van der Waals surface area (Å²) < 4.78 is 8.16. The highest BCUT2D eigenvalue weighted by atomic mass is 79.9. The summed E-state index contributed by atoms with van der Waals surface area (Å²) in [6, 6.07) is 9.13. The first-order valence-electron chi connectivity index (χ1n) is 6.95. The lowest BCUT2D eigenvalue weighted by atomic mass is 10.2. The smallest absolute Gasteiger partial charge is 0.200 e. The van der Waals surface area contributed by atoms with E-state index in [0.29, 0.717) is 38.6 Å². The Kier molecular flexibility index (Phi) is 5.71. The number of nitrogens with zero attached hydrogens (tertiary/aromatic N) is 3. The summed E-state index contributed by atoms with van der Waals surface area (Å²) in [4.78, 5) is 0. The van der Waals surface area contributed by atoms with E-state index in [-0.39, 0.29) is 0 Å². The summed E-state index contributed by atoms with van der Waals surface area (Å²) in [5, 5.41) is 10.5. The van der Waals surface area contributed by atoms with Crippen LogP contribution < -0.4 is 0 Å². The molecule has 0 spiro atoms. The SMILES string of the molecule is C=CCn1c(SCc2c(Cl)cccc2Cl)nnc1-c1ccc(Br)o1. The summed E-state index contributed by atoms with van der Waals surface area (Å²) in [5.41, 5.74) is 0.876.